The molecule has 0 saturated heterocycles. The van der Waals surface area contributed by atoms with E-state index in [-0.39, 0.29) is 11.6 Å². The number of carbonyl (C=O) groups is 1. The number of nitro groups is 1. The van der Waals surface area contributed by atoms with E-state index in [1.807, 2.05) is 0 Å². The average molecular weight is 317 g/mol. The number of hydrogen-bond donors (Lipinski definition) is 1. The summed E-state index contributed by atoms with van der Waals surface area (Å²) in [4.78, 5) is 24.2. The van der Waals surface area contributed by atoms with Gasteiger partial charge in [-0.15, -0.1) is 0 Å². The first kappa shape index (κ1) is 17.1. The van der Waals surface area contributed by atoms with Crippen LogP contribution in [0.4, 0.5) is 5.69 Å². The highest BCUT2D eigenvalue weighted by molar-refractivity contribution is 5.91. The van der Waals surface area contributed by atoms with Crippen LogP contribution in [0.25, 0.3) is 6.08 Å². The molecule has 1 aromatic carbocycles. The van der Waals surface area contributed by atoms with E-state index in [1.54, 1.807) is 18.2 Å². The number of nitrogens with one attached hydrogen (secondary N) is 1. The van der Waals surface area contributed by atoms with E-state index in [0.717, 1.165) is 12.1 Å². The molecule has 1 aliphatic rings. The van der Waals surface area contributed by atoms with Crippen LogP contribution >= 0.6 is 0 Å². The lowest BCUT2D eigenvalue weighted by atomic mass is 10.2. The first-order chi connectivity index (χ1) is 11.1. The molecular formula is C17H23N3O3. The first-order valence-corrected chi connectivity index (χ1v) is 7.97. The first-order valence-electron chi connectivity index (χ1n) is 7.97. The lowest BCUT2D eigenvalue weighted by Crippen LogP contribution is -2.36. The van der Waals surface area contributed by atoms with Crippen LogP contribution in [0, 0.1) is 10.1 Å². The second-order valence-corrected chi connectivity index (χ2v) is 5.89. The number of nitrogens with zero attached hydrogens (tertiary/aromatic N) is 2. The Bertz CT molecular complexity index is 563. The van der Waals surface area contributed by atoms with E-state index in [1.165, 1.54) is 43.9 Å². The van der Waals surface area contributed by atoms with Crippen molar-refractivity contribution in [1.82, 2.24) is 10.2 Å². The topological polar surface area (TPSA) is 75.5 Å². The normalized spacial score (nSPS) is 15.4. The molecule has 6 heteroatoms. The zero-order valence-corrected chi connectivity index (χ0v) is 13.4. The lowest BCUT2D eigenvalue weighted by Gasteiger charge is -2.23. The summed E-state index contributed by atoms with van der Waals surface area (Å²) in [5.41, 5.74) is 0.801. The molecule has 0 bridgehead atoms. The number of rotatable bonds is 7. The fraction of sp³-hybridized carbons (Fsp3) is 0.471. The molecule has 0 radical (unpaired) electrons. The SMILES string of the molecule is CN(CCNC(=O)C=Cc1ccc([N+](=O)[O-])cc1)C1CCCC1. The van der Waals surface area contributed by atoms with Crippen molar-refractivity contribution in [3.8, 4) is 0 Å². The van der Waals surface area contributed by atoms with Crippen LogP contribution in [-0.2, 0) is 4.79 Å². The van der Waals surface area contributed by atoms with Crippen molar-refractivity contribution >= 4 is 17.7 Å². The minimum atomic E-state index is -0.443. The molecule has 1 amide bonds. The number of likely N-dealkylation sites (N-methyl/N-ethyl adjacent to an activating group) is 1. The molecule has 23 heavy (non-hydrogen) atoms. The van der Waals surface area contributed by atoms with Crippen molar-refractivity contribution in [2.24, 2.45) is 0 Å². The molecule has 1 aromatic rings. The minimum absolute atomic E-state index is 0.0431. The summed E-state index contributed by atoms with van der Waals surface area (Å²) in [5.74, 6) is -0.150. The number of hydrogen-bond acceptors (Lipinski definition) is 4. The molecule has 6 nitrogen and oxygen atoms in total. The van der Waals surface area contributed by atoms with Crippen molar-refractivity contribution in [2.45, 2.75) is 31.7 Å². The quantitative estimate of drug-likeness (QED) is 0.476. The maximum atomic E-state index is 11.8. The number of nitro benzene ring substituents is 1. The lowest BCUT2D eigenvalue weighted by molar-refractivity contribution is -0.384. The van der Waals surface area contributed by atoms with Crippen LogP contribution in [0.2, 0.25) is 0 Å². The van der Waals surface area contributed by atoms with Crippen molar-refractivity contribution < 1.29 is 9.72 Å². The van der Waals surface area contributed by atoms with Gasteiger partial charge in [0.1, 0.15) is 0 Å². The Morgan fingerprint density at radius 1 is 1.35 bits per heavy atom. The number of carbonyl (C=O) groups excluding carboxylic acids is 1. The van der Waals surface area contributed by atoms with Crippen LogP contribution in [-0.4, -0.2) is 41.9 Å². The molecule has 1 saturated carbocycles. The van der Waals surface area contributed by atoms with Gasteiger partial charge in [0, 0.05) is 37.3 Å². The predicted molar refractivity (Wildman–Crippen MR) is 90.0 cm³/mol. The van der Waals surface area contributed by atoms with Crippen molar-refractivity contribution in [2.75, 3.05) is 20.1 Å². The number of amides is 1. The Kier molecular flexibility index (Phi) is 6.29. The van der Waals surface area contributed by atoms with Gasteiger partial charge in [-0.1, -0.05) is 12.8 Å². The average Bonchev–Trinajstić information content (AvgIpc) is 3.07. The summed E-state index contributed by atoms with van der Waals surface area (Å²) in [6, 6.07) is 6.75. The third-order valence-electron chi connectivity index (χ3n) is 4.24. The summed E-state index contributed by atoms with van der Waals surface area (Å²) in [7, 11) is 2.11. The van der Waals surface area contributed by atoms with Crippen LogP contribution in [0.5, 0.6) is 0 Å². The molecule has 0 heterocycles. The summed E-state index contributed by atoms with van der Waals surface area (Å²) in [5, 5.41) is 13.4. The third kappa shape index (κ3) is 5.49. The van der Waals surface area contributed by atoms with E-state index >= 15 is 0 Å². The molecule has 0 aromatic heterocycles. The van der Waals surface area contributed by atoms with Gasteiger partial charge in [0.05, 0.1) is 4.92 Å². The minimum Gasteiger partial charge on any atom is -0.351 e. The van der Waals surface area contributed by atoms with Crippen molar-refractivity contribution in [3.05, 3.63) is 46.0 Å². The van der Waals surface area contributed by atoms with E-state index in [2.05, 4.69) is 17.3 Å². The van der Waals surface area contributed by atoms with Gasteiger partial charge in [0.2, 0.25) is 5.91 Å². The largest absolute Gasteiger partial charge is 0.351 e. The van der Waals surface area contributed by atoms with E-state index in [0.29, 0.717) is 12.6 Å². The van der Waals surface area contributed by atoms with E-state index in [9.17, 15) is 14.9 Å². The Balaban J connectivity index is 1.72. The summed E-state index contributed by atoms with van der Waals surface area (Å²) in [6.07, 6.45) is 8.23. The maximum absolute atomic E-state index is 11.8. The number of benzene rings is 1. The van der Waals surface area contributed by atoms with Crippen LogP contribution < -0.4 is 5.32 Å². The van der Waals surface area contributed by atoms with Crippen molar-refractivity contribution in [1.29, 1.82) is 0 Å². The molecule has 0 atom stereocenters. The second kappa shape index (κ2) is 8.43. The molecule has 1 N–H and O–H groups in total. The second-order valence-electron chi connectivity index (χ2n) is 5.89. The Labute approximate surface area is 136 Å². The summed E-state index contributed by atoms with van der Waals surface area (Å²) >= 11 is 0. The van der Waals surface area contributed by atoms with Gasteiger partial charge < -0.3 is 10.2 Å². The molecule has 124 valence electrons. The highest BCUT2D eigenvalue weighted by Gasteiger charge is 2.18. The van der Waals surface area contributed by atoms with Gasteiger partial charge in [-0.25, -0.2) is 0 Å². The zero-order chi connectivity index (χ0) is 16.7. The Hall–Kier alpha value is -2.21. The van der Waals surface area contributed by atoms with Gasteiger partial charge in [-0.3, -0.25) is 14.9 Å². The smallest absolute Gasteiger partial charge is 0.269 e. The van der Waals surface area contributed by atoms with Gasteiger partial charge in [-0.05, 0) is 43.7 Å². The molecule has 0 spiro atoms. The van der Waals surface area contributed by atoms with Gasteiger partial charge in [0.25, 0.3) is 5.69 Å². The highest BCUT2D eigenvalue weighted by Crippen LogP contribution is 2.21. The zero-order valence-electron chi connectivity index (χ0n) is 13.4. The molecule has 2 rings (SSSR count). The monoisotopic (exact) mass is 317 g/mol. The Morgan fingerprint density at radius 3 is 2.61 bits per heavy atom. The third-order valence-corrected chi connectivity index (χ3v) is 4.24. The summed E-state index contributed by atoms with van der Waals surface area (Å²) in [6.45, 7) is 1.47. The molecule has 0 aliphatic heterocycles. The van der Waals surface area contributed by atoms with Crippen molar-refractivity contribution in [3.63, 3.8) is 0 Å². The predicted octanol–water partition coefficient (Wildman–Crippen LogP) is 2.60. The fourth-order valence-corrected chi connectivity index (χ4v) is 2.82. The molecule has 1 aliphatic carbocycles. The fourth-order valence-electron chi connectivity index (χ4n) is 2.82. The molecule has 0 unspecified atom stereocenters. The highest BCUT2D eigenvalue weighted by atomic mass is 16.6. The van der Waals surface area contributed by atoms with Gasteiger partial charge in [-0.2, -0.15) is 0 Å². The van der Waals surface area contributed by atoms with Crippen LogP contribution in [0.3, 0.4) is 0 Å². The maximum Gasteiger partial charge on any atom is 0.269 e. The molecule has 1 fully saturated rings. The molecular weight excluding hydrogens is 294 g/mol. The number of non-ortho nitro benzene ring substituents is 1. The van der Waals surface area contributed by atoms with Gasteiger partial charge >= 0.3 is 0 Å². The van der Waals surface area contributed by atoms with E-state index < -0.39 is 4.92 Å². The van der Waals surface area contributed by atoms with Crippen LogP contribution in [0.15, 0.2) is 30.3 Å². The van der Waals surface area contributed by atoms with E-state index in [4.69, 9.17) is 0 Å². The van der Waals surface area contributed by atoms with Crippen LogP contribution in [0.1, 0.15) is 31.2 Å². The standard InChI is InChI=1S/C17H23N3O3/c1-19(15-4-2-3-5-15)13-12-18-17(21)11-8-14-6-9-16(10-7-14)20(22)23/h6-11,15H,2-5,12-13H2,1H3,(H,18,21). The Morgan fingerprint density at radius 2 is 2.00 bits per heavy atom. The summed E-state index contributed by atoms with van der Waals surface area (Å²) < 4.78 is 0. The van der Waals surface area contributed by atoms with Gasteiger partial charge in [0.15, 0.2) is 0 Å².